The van der Waals surface area contributed by atoms with Crippen LogP contribution in [0.25, 0.3) is 0 Å². The van der Waals surface area contributed by atoms with Crippen LogP contribution in [0.4, 0.5) is 5.69 Å². The number of aliphatic hydroxyl groups is 2. The summed E-state index contributed by atoms with van der Waals surface area (Å²) in [7, 11) is 0. The fourth-order valence-electron chi connectivity index (χ4n) is 1.24. The predicted octanol–water partition coefficient (Wildman–Crippen LogP) is -0.822. The van der Waals surface area contributed by atoms with Crippen LogP contribution in [0.15, 0.2) is 12.3 Å². The van der Waals surface area contributed by atoms with Crippen molar-refractivity contribution < 1.29 is 19.9 Å². The first-order valence-electron chi connectivity index (χ1n) is 4.61. The first-order chi connectivity index (χ1) is 7.84. The zero-order chi connectivity index (χ0) is 13.2. The molecule has 2 unspecified atom stereocenters. The monoisotopic (exact) mass is 241 g/mol. The van der Waals surface area contributed by atoms with E-state index in [-0.39, 0.29) is 16.9 Å². The van der Waals surface area contributed by atoms with E-state index in [1.807, 2.05) is 0 Å². The second-order valence-corrected chi connectivity index (χ2v) is 3.44. The summed E-state index contributed by atoms with van der Waals surface area (Å²) in [5.74, 6) is -1.10. The zero-order valence-electron chi connectivity index (χ0n) is 8.90. The van der Waals surface area contributed by atoms with Gasteiger partial charge < -0.3 is 15.9 Å². The molecule has 8 heteroatoms. The average Bonchev–Trinajstić information content (AvgIpc) is 2.26. The van der Waals surface area contributed by atoms with E-state index in [9.17, 15) is 25.1 Å². The molecular formula is C9H11N3O5. The van der Waals surface area contributed by atoms with Gasteiger partial charge in [-0.3, -0.25) is 19.9 Å². The lowest BCUT2D eigenvalue weighted by Crippen LogP contribution is -2.34. The largest absolute Gasteiger partial charge is 0.384 e. The highest BCUT2D eigenvalue weighted by Crippen LogP contribution is 2.21. The summed E-state index contributed by atoms with van der Waals surface area (Å²) in [5, 5.41) is 29.3. The van der Waals surface area contributed by atoms with Gasteiger partial charge in [0, 0.05) is 5.56 Å². The number of carbonyl (C=O) groups excluding carboxylic acids is 1. The first kappa shape index (κ1) is 13.0. The molecule has 0 aliphatic carbocycles. The molecule has 8 nitrogen and oxygen atoms in total. The maximum atomic E-state index is 10.7. The third-order valence-electron chi connectivity index (χ3n) is 2.19. The molecule has 0 spiro atoms. The number of nitro groups is 1. The molecule has 2 atom stereocenters. The fraction of sp³-hybridized carbons (Fsp3) is 0.333. The quantitative estimate of drug-likeness (QED) is 0.464. The van der Waals surface area contributed by atoms with Crippen LogP contribution >= 0.6 is 0 Å². The SMILES string of the molecule is Cc1cc(C(O)C(O)C(N)=O)ncc1[N+](=O)[O-]. The molecule has 92 valence electrons. The minimum Gasteiger partial charge on any atom is -0.384 e. The number of hydrogen-bond donors (Lipinski definition) is 3. The van der Waals surface area contributed by atoms with Crippen molar-refractivity contribution in [2.75, 3.05) is 0 Å². The summed E-state index contributed by atoms with van der Waals surface area (Å²) in [5.41, 5.74) is 4.80. The topological polar surface area (TPSA) is 140 Å². The number of rotatable bonds is 4. The Labute approximate surface area is 95.9 Å². The van der Waals surface area contributed by atoms with E-state index in [4.69, 9.17) is 5.73 Å². The number of pyridine rings is 1. The van der Waals surface area contributed by atoms with Crippen LogP contribution in [0.5, 0.6) is 0 Å². The predicted molar refractivity (Wildman–Crippen MR) is 55.8 cm³/mol. The van der Waals surface area contributed by atoms with Gasteiger partial charge in [0.25, 0.3) is 5.69 Å². The molecule has 1 aromatic rings. The fourth-order valence-corrected chi connectivity index (χ4v) is 1.24. The molecule has 1 amide bonds. The second kappa shape index (κ2) is 4.85. The minimum absolute atomic E-state index is 0.0561. The van der Waals surface area contributed by atoms with Crippen molar-refractivity contribution in [3.05, 3.63) is 33.6 Å². The smallest absolute Gasteiger partial charge is 0.290 e. The van der Waals surface area contributed by atoms with E-state index in [1.165, 1.54) is 13.0 Å². The van der Waals surface area contributed by atoms with E-state index in [0.29, 0.717) is 0 Å². The van der Waals surface area contributed by atoms with Gasteiger partial charge in [-0.15, -0.1) is 0 Å². The first-order valence-corrected chi connectivity index (χ1v) is 4.61. The number of hydrogen-bond acceptors (Lipinski definition) is 6. The number of nitrogens with zero attached hydrogens (tertiary/aromatic N) is 2. The van der Waals surface area contributed by atoms with E-state index in [2.05, 4.69) is 4.98 Å². The van der Waals surface area contributed by atoms with Crippen LogP contribution in [-0.2, 0) is 4.79 Å². The summed E-state index contributed by atoms with van der Waals surface area (Å²) >= 11 is 0. The molecule has 0 bridgehead atoms. The Morgan fingerprint density at radius 1 is 1.59 bits per heavy atom. The molecule has 0 aliphatic rings. The Kier molecular flexibility index (Phi) is 3.71. The molecule has 1 aromatic heterocycles. The molecular weight excluding hydrogens is 230 g/mol. The number of carbonyl (C=O) groups is 1. The van der Waals surface area contributed by atoms with Gasteiger partial charge in [0.1, 0.15) is 12.3 Å². The number of aromatic nitrogens is 1. The molecule has 0 saturated heterocycles. The third-order valence-corrected chi connectivity index (χ3v) is 2.19. The summed E-state index contributed by atoms with van der Waals surface area (Å²) in [4.78, 5) is 24.2. The van der Waals surface area contributed by atoms with Crippen LogP contribution in [0, 0.1) is 17.0 Å². The molecule has 0 radical (unpaired) electrons. The molecule has 4 N–H and O–H groups in total. The molecule has 0 aliphatic heterocycles. The summed E-state index contributed by atoms with van der Waals surface area (Å²) in [6.45, 7) is 1.45. The van der Waals surface area contributed by atoms with Gasteiger partial charge in [0.05, 0.1) is 10.6 Å². The van der Waals surface area contributed by atoms with Gasteiger partial charge in [-0.2, -0.15) is 0 Å². The van der Waals surface area contributed by atoms with Crippen LogP contribution in [0.3, 0.4) is 0 Å². The molecule has 17 heavy (non-hydrogen) atoms. The van der Waals surface area contributed by atoms with Gasteiger partial charge in [0.15, 0.2) is 6.10 Å². The highest BCUT2D eigenvalue weighted by Gasteiger charge is 2.25. The maximum Gasteiger partial charge on any atom is 0.290 e. The number of nitrogens with two attached hydrogens (primary N) is 1. The van der Waals surface area contributed by atoms with Crippen LogP contribution in [-0.4, -0.2) is 32.1 Å². The van der Waals surface area contributed by atoms with Crippen molar-refractivity contribution in [1.82, 2.24) is 4.98 Å². The Morgan fingerprint density at radius 3 is 2.59 bits per heavy atom. The van der Waals surface area contributed by atoms with Gasteiger partial charge in [0.2, 0.25) is 5.91 Å². The normalized spacial score (nSPS) is 14.1. The third kappa shape index (κ3) is 2.74. The maximum absolute atomic E-state index is 10.7. The van der Waals surface area contributed by atoms with E-state index in [1.54, 1.807) is 0 Å². The average molecular weight is 241 g/mol. The lowest BCUT2D eigenvalue weighted by atomic mass is 10.1. The van der Waals surface area contributed by atoms with Crippen LogP contribution in [0.2, 0.25) is 0 Å². The summed E-state index contributed by atoms with van der Waals surface area (Å²) < 4.78 is 0. The van der Waals surface area contributed by atoms with Crippen molar-refractivity contribution in [2.24, 2.45) is 5.73 Å². The molecule has 0 saturated carbocycles. The highest BCUT2D eigenvalue weighted by atomic mass is 16.6. The van der Waals surface area contributed by atoms with Gasteiger partial charge in [-0.1, -0.05) is 0 Å². The highest BCUT2D eigenvalue weighted by molar-refractivity contribution is 5.79. The van der Waals surface area contributed by atoms with Crippen molar-refractivity contribution >= 4 is 11.6 Å². The Bertz CT molecular complexity index is 462. The molecule has 1 heterocycles. The standard InChI is InChI=1S/C9H11N3O5/c1-4-2-5(7(13)8(14)9(10)15)11-3-6(4)12(16)17/h2-3,7-8,13-14H,1H3,(H2,10,15). The van der Waals surface area contributed by atoms with Crippen LogP contribution in [0.1, 0.15) is 17.4 Å². The summed E-state index contributed by atoms with van der Waals surface area (Å²) in [6.07, 6.45) is -2.46. The van der Waals surface area contributed by atoms with Gasteiger partial charge >= 0.3 is 0 Å². The number of aryl methyl sites for hydroxylation is 1. The molecule has 0 fully saturated rings. The second-order valence-electron chi connectivity index (χ2n) is 3.44. The van der Waals surface area contributed by atoms with Gasteiger partial charge in [-0.05, 0) is 13.0 Å². The number of primary amides is 1. The van der Waals surface area contributed by atoms with Crippen molar-refractivity contribution in [2.45, 2.75) is 19.1 Å². The van der Waals surface area contributed by atoms with Crippen molar-refractivity contribution in [3.63, 3.8) is 0 Å². The Hall–Kier alpha value is -2.06. The van der Waals surface area contributed by atoms with E-state index in [0.717, 1.165) is 6.20 Å². The summed E-state index contributed by atoms with van der Waals surface area (Å²) in [6, 6.07) is 1.22. The zero-order valence-corrected chi connectivity index (χ0v) is 8.90. The van der Waals surface area contributed by atoms with E-state index >= 15 is 0 Å². The van der Waals surface area contributed by atoms with E-state index < -0.39 is 23.0 Å². The van der Waals surface area contributed by atoms with Gasteiger partial charge in [-0.25, -0.2) is 0 Å². The van der Waals surface area contributed by atoms with Crippen LogP contribution < -0.4 is 5.73 Å². The number of amides is 1. The Morgan fingerprint density at radius 2 is 2.18 bits per heavy atom. The lowest BCUT2D eigenvalue weighted by molar-refractivity contribution is -0.385. The Balaban J connectivity index is 3.05. The lowest BCUT2D eigenvalue weighted by Gasteiger charge is -2.14. The van der Waals surface area contributed by atoms with Crippen molar-refractivity contribution in [1.29, 1.82) is 0 Å². The molecule has 1 rings (SSSR count). The number of aliphatic hydroxyl groups excluding tert-OH is 2. The molecule has 0 aromatic carbocycles. The van der Waals surface area contributed by atoms with Crippen molar-refractivity contribution in [3.8, 4) is 0 Å². The minimum atomic E-state index is -1.80.